The number of nitrogens with two attached hydrogens (primary N) is 1. The van der Waals surface area contributed by atoms with Gasteiger partial charge in [0.25, 0.3) is 0 Å². The van der Waals surface area contributed by atoms with Gasteiger partial charge in [0.05, 0.1) is 16.9 Å². The van der Waals surface area contributed by atoms with Crippen LogP contribution in [-0.2, 0) is 0 Å². The largest absolute Gasteiger partial charge is 0.438 e. The summed E-state index contributed by atoms with van der Waals surface area (Å²) in [5.74, 6) is 2.08. The number of rotatable bonds is 6. The zero-order chi connectivity index (χ0) is 22.6. The third-order valence-electron chi connectivity index (χ3n) is 4.97. The van der Waals surface area contributed by atoms with Gasteiger partial charge in [0, 0.05) is 29.8 Å². The van der Waals surface area contributed by atoms with Gasteiger partial charge in [-0.05, 0) is 61.5 Å². The van der Waals surface area contributed by atoms with E-state index in [2.05, 4.69) is 25.4 Å². The first-order valence-corrected chi connectivity index (χ1v) is 10.4. The molecule has 33 heavy (non-hydrogen) atoms. The molecule has 0 atom stereocenters. The highest BCUT2D eigenvalue weighted by molar-refractivity contribution is 5.66. The number of benzene rings is 2. The lowest BCUT2D eigenvalue weighted by Gasteiger charge is -2.10. The molecule has 0 radical (unpaired) electrons. The maximum Gasteiger partial charge on any atom is 0.228 e. The fourth-order valence-corrected chi connectivity index (χ4v) is 3.34. The van der Waals surface area contributed by atoms with Gasteiger partial charge in [0.1, 0.15) is 5.75 Å². The molecule has 5 aromatic rings. The molecule has 0 spiro atoms. The average Bonchev–Trinajstić information content (AvgIpc) is 3.21. The van der Waals surface area contributed by atoms with Gasteiger partial charge in [-0.2, -0.15) is 0 Å². The lowest BCUT2D eigenvalue weighted by atomic mass is 10.2. The Bertz CT molecular complexity index is 1380. The molecule has 0 amide bonds. The summed E-state index contributed by atoms with van der Waals surface area (Å²) >= 11 is 0. The third-order valence-corrected chi connectivity index (χ3v) is 4.97. The monoisotopic (exact) mass is 435 g/mol. The molecule has 0 bridgehead atoms. The van der Waals surface area contributed by atoms with Crippen molar-refractivity contribution in [2.75, 3.05) is 11.1 Å². The van der Waals surface area contributed by atoms with Gasteiger partial charge in [-0.1, -0.05) is 18.2 Å². The second-order valence-electron chi connectivity index (χ2n) is 7.35. The van der Waals surface area contributed by atoms with Crippen molar-refractivity contribution in [2.45, 2.75) is 6.92 Å². The van der Waals surface area contributed by atoms with E-state index in [9.17, 15) is 0 Å². The van der Waals surface area contributed by atoms with Crippen molar-refractivity contribution in [3.05, 3.63) is 97.0 Å². The number of anilines is 3. The van der Waals surface area contributed by atoms with Gasteiger partial charge in [0.2, 0.25) is 11.8 Å². The molecule has 0 aliphatic carbocycles. The summed E-state index contributed by atoms with van der Waals surface area (Å²) in [6.07, 6.45) is 5.28. The van der Waals surface area contributed by atoms with E-state index in [1.165, 1.54) is 0 Å². The van der Waals surface area contributed by atoms with E-state index >= 15 is 0 Å². The van der Waals surface area contributed by atoms with Crippen molar-refractivity contribution in [1.29, 1.82) is 0 Å². The molecule has 5 rings (SSSR count). The van der Waals surface area contributed by atoms with E-state index in [1.807, 2.05) is 84.5 Å². The normalized spacial score (nSPS) is 10.7. The quantitative estimate of drug-likeness (QED) is 0.380. The van der Waals surface area contributed by atoms with Crippen LogP contribution < -0.4 is 15.8 Å². The van der Waals surface area contributed by atoms with Crippen LogP contribution in [0.25, 0.3) is 16.9 Å². The summed E-state index contributed by atoms with van der Waals surface area (Å²) < 4.78 is 7.89. The number of para-hydroxylation sites is 1. The number of hydrogen-bond donors (Lipinski definition) is 2. The fraction of sp³-hybridized carbons (Fsp3) is 0.0400. The van der Waals surface area contributed by atoms with Crippen molar-refractivity contribution in [3.8, 4) is 28.6 Å². The molecule has 3 N–H and O–H groups in total. The number of ether oxygens (including phenoxy) is 1. The third kappa shape index (κ3) is 4.49. The van der Waals surface area contributed by atoms with Gasteiger partial charge in [-0.3, -0.25) is 0 Å². The van der Waals surface area contributed by atoms with Gasteiger partial charge >= 0.3 is 0 Å². The minimum atomic E-state index is 0.197. The summed E-state index contributed by atoms with van der Waals surface area (Å²) in [6, 6.07) is 23.1. The van der Waals surface area contributed by atoms with Gasteiger partial charge in [-0.25, -0.2) is 19.6 Å². The predicted octanol–water partition coefficient (Wildman–Crippen LogP) is 5.15. The highest BCUT2D eigenvalue weighted by atomic mass is 16.5. The Hall–Kier alpha value is -4.72. The summed E-state index contributed by atoms with van der Waals surface area (Å²) in [5.41, 5.74) is 10.1. The first kappa shape index (κ1) is 20.2. The number of hydrogen-bond acceptors (Lipinski definition) is 7. The Balaban J connectivity index is 1.33. The molecule has 3 aromatic heterocycles. The zero-order valence-electron chi connectivity index (χ0n) is 17.9. The van der Waals surface area contributed by atoms with E-state index in [0.29, 0.717) is 17.3 Å². The SMILES string of the molecule is Cc1cn(-c2ccccc2)nc1Nc1ccc(Oc2ncccc2-c2ccnc(N)n2)cc1. The second kappa shape index (κ2) is 8.80. The standard InChI is InChI=1S/C25H21N7O/c1-17-16-32(19-6-3-2-4-7-19)31-23(17)29-18-9-11-20(12-10-18)33-24-21(8-5-14-27-24)22-13-15-28-25(26)30-22/h2-16H,1H3,(H,29,31)(H2,26,28,30). The summed E-state index contributed by atoms with van der Waals surface area (Å²) in [4.78, 5) is 12.6. The number of aromatic nitrogens is 5. The summed E-state index contributed by atoms with van der Waals surface area (Å²) in [5, 5.41) is 8.02. The Kier molecular flexibility index (Phi) is 5.38. The van der Waals surface area contributed by atoms with Gasteiger partial charge in [-0.15, -0.1) is 5.10 Å². The first-order valence-electron chi connectivity index (χ1n) is 10.4. The van der Waals surface area contributed by atoms with Crippen molar-refractivity contribution >= 4 is 17.5 Å². The lowest BCUT2D eigenvalue weighted by molar-refractivity contribution is 0.465. The van der Waals surface area contributed by atoms with Crippen LogP contribution in [0.3, 0.4) is 0 Å². The molecule has 8 heteroatoms. The topological polar surface area (TPSA) is 104 Å². The van der Waals surface area contributed by atoms with Crippen LogP contribution in [-0.4, -0.2) is 24.7 Å². The average molecular weight is 435 g/mol. The molecule has 0 saturated carbocycles. The van der Waals surface area contributed by atoms with E-state index in [0.717, 1.165) is 28.3 Å². The first-order chi connectivity index (χ1) is 16.2. The summed E-state index contributed by atoms with van der Waals surface area (Å²) in [6.45, 7) is 2.02. The molecular weight excluding hydrogens is 414 g/mol. The van der Waals surface area contributed by atoms with Crippen LogP contribution in [0.2, 0.25) is 0 Å². The van der Waals surface area contributed by atoms with E-state index < -0.39 is 0 Å². The Morgan fingerprint density at radius 2 is 1.70 bits per heavy atom. The molecule has 0 unspecified atom stereocenters. The highest BCUT2D eigenvalue weighted by Gasteiger charge is 2.11. The number of nitrogens with zero attached hydrogens (tertiary/aromatic N) is 5. The van der Waals surface area contributed by atoms with Gasteiger partial charge in [0.15, 0.2) is 5.82 Å². The number of pyridine rings is 1. The minimum absolute atomic E-state index is 0.197. The molecule has 0 fully saturated rings. The van der Waals surface area contributed by atoms with Crippen LogP contribution in [0.1, 0.15) is 5.56 Å². The van der Waals surface area contributed by atoms with E-state index in [1.54, 1.807) is 18.5 Å². The number of nitrogens with one attached hydrogen (secondary N) is 1. The maximum absolute atomic E-state index is 6.03. The molecule has 3 heterocycles. The number of nitrogen functional groups attached to an aromatic ring is 1. The van der Waals surface area contributed by atoms with Crippen LogP contribution >= 0.6 is 0 Å². The molecular formula is C25H21N7O. The lowest BCUT2D eigenvalue weighted by Crippen LogP contribution is -1.98. The fourth-order valence-electron chi connectivity index (χ4n) is 3.34. The van der Waals surface area contributed by atoms with Crippen molar-refractivity contribution in [2.24, 2.45) is 0 Å². The van der Waals surface area contributed by atoms with Crippen LogP contribution in [0.15, 0.2) is 91.4 Å². The van der Waals surface area contributed by atoms with Crippen LogP contribution in [0, 0.1) is 6.92 Å². The van der Waals surface area contributed by atoms with Crippen molar-refractivity contribution in [1.82, 2.24) is 24.7 Å². The smallest absolute Gasteiger partial charge is 0.228 e. The molecule has 162 valence electrons. The van der Waals surface area contributed by atoms with Gasteiger partial charge < -0.3 is 15.8 Å². The molecule has 0 saturated heterocycles. The Morgan fingerprint density at radius 3 is 2.48 bits per heavy atom. The molecule has 8 nitrogen and oxygen atoms in total. The second-order valence-corrected chi connectivity index (χ2v) is 7.35. The van der Waals surface area contributed by atoms with Crippen LogP contribution in [0.4, 0.5) is 17.5 Å². The van der Waals surface area contributed by atoms with E-state index in [4.69, 9.17) is 10.5 Å². The summed E-state index contributed by atoms with van der Waals surface area (Å²) in [7, 11) is 0. The van der Waals surface area contributed by atoms with Crippen LogP contribution in [0.5, 0.6) is 11.6 Å². The maximum atomic E-state index is 6.03. The highest BCUT2D eigenvalue weighted by Crippen LogP contribution is 2.31. The molecule has 2 aromatic carbocycles. The number of aryl methyl sites for hydroxylation is 1. The molecule has 0 aliphatic heterocycles. The predicted molar refractivity (Wildman–Crippen MR) is 128 cm³/mol. The van der Waals surface area contributed by atoms with Crippen molar-refractivity contribution < 1.29 is 4.74 Å². The zero-order valence-corrected chi connectivity index (χ0v) is 17.9. The van der Waals surface area contributed by atoms with E-state index in [-0.39, 0.29) is 5.95 Å². The minimum Gasteiger partial charge on any atom is -0.438 e. The molecule has 0 aliphatic rings. The van der Waals surface area contributed by atoms with Crippen molar-refractivity contribution in [3.63, 3.8) is 0 Å². The Labute approximate surface area is 190 Å². The Morgan fingerprint density at radius 1 is 0.879 bits per heavy atom.